The van der Waals surface area contributed by atoms with Gasteiger partial charge in [-0.2, -0.15) is 13.2 Å². The molecule has 1 aromatic carbocycles. The number of nitrogens with zero attached hydrogens (tertiary/aromatic N) is 2. The summed E-state index contributed by atoms with van der Waals surface area (Å²) in [6, 6.07) is 4.84. The lowest BCUT2D eigenvalue weighted by Gasteiger charge is -2.11. The van der Waals surface area contributed by atoms with E-state index in [0.717, 1.165) is 25.0 Å². The first-order chi connectivity index (χ1) is 13.8. The van der Waals surface area contributed by atoms with E-state index < -0.39 is 17.7 Å². The van der Waals surface area contributed by atoms with Gasteiger partial charge in [0.15, 0.2) is 0 Å². The van der Waals surface area contributed by atoms with Gasteiger partial charge < -0.3 is 9.47 Å². The molecule has 1 aliphatic rings. The van der Waals surface area contributed by atoms with Gasteiger partial charge in [-0.25, -0.2) is 4.79 Å². The normalized spacial score (nSPS) is 14.4. The standard InChI is InChI=1S/C20H20ClF3N2O3/c1-2-28-19(27)8-7-16-10-18(29-12-13-3-4-13)25-26(16)11-14-5-6-15(9-17(14)21)20(22,23)24/h5-10,13H,2-4,11-12H2,1H3. The molecule has 0 saturated heterocycles. The first-order valence-corrected chi connectivity index (χ1v) is 9.55. The van der Waals surface area contributed by atoms with Gasteiger partial charge in [0.25, 0.3) is 0 Å². The molecule has 0 unspecified atom stereocenters. The molecule has 0 amide bonds. The highest BCUT2D eigenvalue weighted by molar-refractivity contribution is 6.31. The van der Waals surface area contributed by atoms with E-state index in [1.165, 1.54) is 22.9 Å². The number of rotatable bonds is 8. The highest BCUT2D eigenvalue weighted by Gasteiger charge is 2.31. The molecule has 0 N–H and O–H groups in total. The summed E-state index contributed by atoms with van der Waals surface area (Å²) >= 11 is 6.06. The number of benzene rings is 1. The predicted octanol–water partition coefficient (Wildman–Crippen LogP) is 4.97. The Morgan fingerprint density at radius 1 is 1.34 bits per heavy atom. The molecule has 1 aromatic heterocycles. The monoisotopic (exact) mass is 428 g/mol. The first kappa shape index (κ1) is 21.2. The molecule has 1 saturated carbocycles. The molecule has 29 heavy (non-hydrogen) atoms. The fraction of sp³-hybridized carbons (Fsp3) is 0.400. The zero-order valence-corrected chi connectivity index (χ0v) is 16.5. The number of halogens is 4. The lowest BCUT2D eigenvalue weighted by molar-refractivity contribution is -0.138. The smallest absolute Gasteiger partial charge is 0.416 e. The number of carbonyl (C=O) groups excluding carboxylic acids is 1. The Morgan fingerprint density at radius 3 is 2.72 bits per heavy atom. The Hall–Kier alpha value is -2.48. The number of esters is 1. The van der Waals surface area contributed by atoms with Crippen LogP contribution in [0.5, 0.6) is 5.88 Å². The van der Waals surface area contributed by atoms with E-state index in [1.54, 1.807) is 13.0 Å². The summed E-state index contributed by atoms with van der Waals surface area (Å²) < 4.78 is 50.6. The molecule has 1 fully saturated rings. The maximum absolute atomic E-state index is 12.8. The van der Waals surface area contributed by atoms with Gasteiger partial charge >= 0.3 is 12.1 Å². The molecule has 0 bridgehead atoms. The van der Waals surface area contributed by atoms with Crippen molar-refractivity contribution in [1.29, 1.82) is 0 Å². The third kappa shape index (κ3) is 6.00. The summed E-state index contributed by atoms with van der Waals surface area (Å²) in [7, 11) is 0. The van der Waals surface area contributed by atoms with Crippen molar-refractivity contribution in [2.75, 3.05) is 13.2 Å². The van der Waals surface area contributed by atoms with Crippen LogP contribution in [0.2, 0.25) is 5.02 Å². The topological polar surface area (TPSA) is 53.4 Å². The number of hydrogen-bond donors (Lipinski definition) is 0. The van der Waals surface area contributed by atoms with E-state index >= 15 is 0 Å². The van der Waals surface area contributed by atoms with Gasteiger partial charge in [0.1, 0.15) is 0 Å². The van der Waals surface area contributed by atoms with Crippen molar-refractivity contribution in [2.24, 2.45) is 5.92 Å². The van der Waals surface area contributed by atoms with Crippen molar-refractivity contribution in [2.45, 2.75) is 32.5 Å². The van der Waals surface area contributed by atoms with Gasteiger partial charge in [0, 0.05) is 17.2 Å². The number of carbonyl (C=O) groups is 1. The zero-order chi connectivity index (χ0) is 21.0. The fourth-order valence-corrected chi connectivity index (χ4v) is 2.82. The summed E-state index contributed by atoms with van der Waals surface area (Å²) in [5.74, 6) is 0.403. The van der Waals surface area contributed by atoms with Gasteiger partial charge in [-0.05, 0) is 49.5 Å². The van der Waals surface area contributed by atoms with E-state index in [0.29, 0.717) is 29.7 Å². The molecule has 0 atom stereocenters. The molecule has 0 spiro atoms. The van der Waals surface area contributed by atoms with E-state index in [2.05, 4.69) is 5.10 Å². The maximum atomic E-state index is 12.8. The number of hydrogen-bond acceptors (Lipinski definition) is 4. The zero-order valence-electron chi connectivity index (χ0n) is 15.7. The van der Waals surface area contributed by atoms with Gasteiger partial charge in [-0.3, -0.25) is 4.68 Å². The SMILES string of the molecule is CCOC(=O)C=Cc1cc(OCC2CC2)nn1Cc1ccc(C(F)(F)F)cc1Cl. The molecular weight excluding hydrogens is 409 g/mol. The van der Waals surface area contributed by atoms with Crippen LogP contribution in [-0.4, -0.2) is 29.0 Å². The van der Waals surface area contributed by atoms with Crippen LogP contribution in [0, 0.1) is 5.92 Å². The van der Waals surface area contributed by atoms with E-state index in [1.807, 2.05) is 0 Å². The van der Waals surface area contributed by atoms with Crippen molar-refractivity contribution in [3.05, 3.63) is 52.2 Å². The number of ether oxygens (including phenoxy) is 2. The Labute approximate surface area is 171 Å². The molecule has 1 aliphatic carbocycles. The molecular formula is C20H20ClF3N2O3. The summed E-state index contributed by atoms with van der Waals surface area (Å²) in [5, 5.41) is 4.33. The van der Waals surface area contributed by atoms with Crippen LogP contribution in [0.15, 0.2) is 30.3 Å². The second-order valence-corrected chi connectivity index (χ2v) is 7.12. The summed E-state index contributed by atoms with van der Waals surface area (Å²) in [4.78, 5) is 11.6. The van der Waals surface area contributed by atoms with Crippen LogP contribution in [0.1, 0.15) is 36.6 Å². The van der Waals surface area contributed by atoms with Gasteiger partial charge in [0.2, 0.25) is 5.88 Å². The molecule has 1 heterocycles. The van der Waals surface area contributed by atoms with Crippen LogP contribution in [0.25, 0.3) is 6.08 Å². The van der Waals surface area contributed by atoms with Crippen molar-refractivity contribution >= 4 is 23.6 Å². The third-order valence-electron chi connectivity index (χ3n) is 4.33. The van der Waals surface area contributed by atoms with Crippen molar-refractivity contribution in [3.8, 4) is 5.88 Å². The molecule has 9 heteroatoms. The van der Waals surface area contributed by atoms with Crippen LogP contribution in [0.3, 0.4) is 0 Å². The van der Waals surface area contributed by atoms with Gasteiger partial charge in [0.05, 0.1) is 31.0 Å². The van der Waals surface area contributed by atoms with Crippen molar-refractivity contribution < 1.29 is 27.4 Å². The molecule has 0 aliphatic heterocycles. The highest BCUT2D eigenvalue weighted by Crippen LogP contribution is 2.33. The third-order valence-corrected chi connectivity index (χ3v) is 4.68. The molecule has 0 radical (unpaired) electrons. The minimum absolute atomic E-state index is 0.0175. The minimum atomic E-state index is -4.47. The Bertz CT molecular complexity index is 905. The Morgan fingerprint density at radius 2 is 2.10 bits per heavy atom. The van der Waals surface area contributed by atoms with Crippen molar-refractivity contribution in [3.63, 3.8) is 0 Å². The fourth-order valence-electron chi connectivity index (χ4n) is 2.58. The Kier molecular flexibility index (Phi) is 6.52. The summed E-state index contributed by atoms with van der Waals surface area (Å²) in [6.07, 6.45) is 0.559. The largest absolute Gasteiger partial charge is 0.476 e. The van der Waals surface area contributed by atoms with E-state index in [-0.39, 0.29) is 18.2 Å². The molecule has 2 aromatic rings. The van der Waals surface area contributed by atoms with Crippen LogP contribution >= 0.6 is 11.6 Å². The predicted molar refractivity (Wildman–Crippen MR) is 102 cm³/mol. The average Bonchev–Trinajstić information content (AvgIpc) is 3.40. The average molecular weight is 429 g/mol. The van der Waals surface area contributed by atoms with Crippen LogP contribution in [-0.2, 0) is 22.3 Å². The first-order valence-electron chi connectivity index (χ1n) is 9.17. The summed E-state index contributed by atoms with van der Waals surface area (Å²) in [5.41, 5.74) is 0.185. The Balaban J connectivity index is 1.82. The number of aromatic nitrogens is 2. The van der Waals surface area contributed by atoms with Crippen LogP contribution in [0.4, 0.5) is 13.2 Å². The molecule has 156 valence electrons. The lowest BCUT2D eigenvalue weighted by Crippen LogP contribution is -2.08. The van der Waals surface area contributed by atoms with E-state index in [9.17, 15) is 18.0 Å². The van der Waals surface area contributed by atoms with Crippen molar-refractivity contribution in [1.82, 2.24) is 9.78 Å². The second-order valence-electron chi connectivity index (χ2n) is 6.71. The highest BCUT2D eigenvalue weighted by atomic mass is 35.5. The molecule has 5 nitrogen and oxygen atoms in total. The lowest BCUT2D eigenvalue weighted by atomic mass is 10.1. The summed E-state index contributed by atoms with van der Waals surface area (Å²) in [6.45, 7) is 2.62. The van der Waals surface area contributed by atoms with E-state index in [4.69, 9.17) is 21.1 Å². The number of alkyl halides is 3. The van der Waals surface area contributed by atoms with Gasteiger partial charge in [-0.15, -0.1) is 5.10 Å². The second kappa shape index (κ2) is 8.90. The maximum Gasteiger partial charge on any atom is 0.416 e. The van der Waals surface area contributed by atoms with Gasteiger partial charge in [-0.1, -0.05) is 17.7 Å². The minimum Gasteiger partial charge on any atom is -0.476 e. The molecule has 3 rings (SSSR count). The van der Waals surface area contributed by atoms with Crippen LogP contribution < -0.4 is 4.74 Å². The quantitative estimate of drug-likeness (QED) is 0.440.